The molecule has 2 unspecified atom stereocenters. The van der Waals surface area contributed by atoms with Gasteiger partial charge in [-0.15, -0.1) is 20.5 Å². The first-order chi connectivity index (χ1) is 24.1. The third-order valence-electron chi connectivity index (χ3n) is 9.69. The zero-order valence-electron chi connectivity index (χ0n) is 32.6. The average molecular weight is 702 g/mol. The van der Waals surface area contributed by atoms with Gasteiger partial charge in [0.15, 0.2) is 5.00 Å². The molecule has 0 N–H and O–H groups in total. The number of ether oxygens (including phenoxy) is 1. The Kier molecular flexibility index (Phi) is 17.3. The first-order valence-electron chi connectivity index (χ1n) is 19.2. The van der Waals surface area contributed by atoms with Crippen molar-refractivity contribution in [3.63, 3.8) is 0 Å². The van der Waals surface area contributed by atoms with Crippen LogP contribution in [-0.2, 0) is 4.74 Å². The van der Waals surface area contributed by atoms with Crippen LogP contribution in [0, 0.1) is 18.8 Å². The van der Waals surface area contributed by atoms with Crippen LogP contribution in [0.2, 0.25) is 0 Å². The zero-order valence-corrected chi connectivity index (χ0v) is 33.4. The number of esters is 1. The van der Waals surface area contributed by atoms with Crippen molar-refractivity contribution in [2.24, 2.45) is 32.3 Å². The second-order valence-corrected chi connectivity index (χ2v) is 15.2. The van der Waals surface area contributed by atoms with Crippen LogP contribution in [0.5, 0.6) is 0 Å². The maximum absolute atomic E-state index is 13.1. The van der Waals surface area contributed by atoms with E-state index in [0.717, 1.165) is 30.0 Å². The van der Waals surface area contributed by atoms with Crippen molar-refractivity contribution >= 4 is 44.4 Å². The summed E-state index contributed by atoms with van der Waals surface area (Å²) in [5.41, 5.74) is 6.32. The summed E-state index contributed by atoms with van der Waals surface area (Å²) >= 11 is 1.31. The Bertz CT molecular complexity index is 1510. The van der Waals surface area contributed by atoms with E-state index in [1.54, 1.807) is 6.92 Å². The number of carbonyl (C=O) groups excluding carboxylic acids is 1. The number of azo groups is 2. The largest absolute Gasteiger partial charge is 0.462 e. The molecule has 0 spiro atoms. The molecule has 1 heterocycles. The lowest BCUT2D eigenvalue weighted by atomic mass is 9.94. The minimum Gasteiger partial charge on any atom is -0.462 e. The lowest BCUT2D eigenvalue weighted by molar-refractivity contribution is 0.0527. The second kappa shape index (κ2) is 21.1. The van der Waals surface area contributed by atoms with Crippen LogP contribution in [0.1, 0.15) is 153 Å². The lowest BCUT2D eigenvalue weighted by Crippen LogP contribution is -2.34. The fourth-order valence-electron chi connectivity index (χ4n) is 6.26. The molecule has 0 aliphatic heterocycles. The number of anilines is 1. The van der Waals surface area contributed by atoms with Gasteiger partial charge in [0.05, 0.1) is 18.0 Å². The maximum Gasteiger partial charge on any atom is 0.341 e. The van der Waals surface area contributed by atoms with Gasteiger partial charge in [0, 0.05) is 24.3 Å². The van der Waals surface area contributed by atoms with Crippen molar-refractivity contribution in [3.05, 3.63) is 64.7 Å². The van der Waals surface area contributed by atoms with E-state index < -0.39 is 5.97 Å². The molecule has 0 aliphatic rings. The van der Waals surface area contributed by atoms with E-state index in [0.29, 0.717) is 38.9 Å². The molecule has 1 aromatic heterocycles. The molecule has 0 amide bonds. The number of unbranched alkanes of at least 4 members (excludes halogenated alkanes) is 2. The molecule has 3 aromatic rings. The molecular formula is C42H63N5O2S. The van der Waals surface area contributed by atoms with Crippen LogP contribution < -0.4 is 4.90 Å². The fourth-order valence-corrected chi connectivity index (χ4v) is 7.20. The summed E-state index contributed by atoms with van der Waals surface area (Å²) in [7, 11) is 0. The van der Waals surface area contributed by atoms with Crippen molar-refractivity contribution in [2.45, 2.75) is 132 Å². The van der Waals surface area contributed by atoms with Crippen LogP contribution in [0.15, 0.2) is 62.9 Å². The van der Waals surface area contributed by atoms with Crippen molar-refractivity contribution in [1.29, 1.82) is 0 Å². The molecular weight excluding hydrogens is 639 g/mol. The van der Waals surface area contributed by atoms with Crippen molar-refractivity contribution in [2.75, 3.05) is 24.6 Å². The van der Waals surface area contributed by atoms with Crippen molar-refractivity contribution in [1.82, 2.24) is 0 Å². The van der Waals surface area contributed by atoms with Gasteiger partial charge in [0.25, 0.3) is 0 Å². The van der Waals surface area contributed by atoms with E-state index in [2.05, 4.69) is 106 Å². The van der Waals surface area contributed by atoms with Crippen LogP contribution >= 0.6 is 11.3 Å². The molecule has 0 aliphatic carbocycles. The molecule has 3 rings (SSSR count). The minimum atomic E-state index is -0.421. The number of rotatable bonds is 21. The number of hydrogen-bond acceptors (Lipinski definition) is 8. The summed E-state index contributed by atoms with van der Waals surface area (Å²) in [4.78, 5) is 15.8. The summed E-state index contributed by atoms with van der Waals surface area (Å²) in [6, 6.07) is 14.7. The highest BCUT2D eigenvalue weighted by Gasteiger charge is 2.24. The standard InChI is InChI=1S/C42H63N5O2S/c1-11-16-18-32(13-3)27-47(28-33(14-4)19-17-12-2)36-24-25-38(37(26-36)30(8)9)44-46-41-39(42(48)49-15-5)31(10)40(50-41)45-43-35-22-20-34(21-23-35)29(6)7/h20-26,29-30,32-33H,11-19,27-28H2,1-10H3. The molecule has 0 fully saturated rings. The van der Waals surface area contributed by atoms with Crippen LogP contribution in [-0.4, -0.2) is 25.7 Å². The highest BCUT2D eigenvalue weighted by Crippen LogP contribution is 2.43. The van der Waals surface area contributed by atoms with Crippen LogP contribution in [0.25, 0.3) is 0 Å². The monoisotopic (exact) mass is 701 g/mol. The van der Waals surface area contributed by atoms with Gasteiger partial charge in [-0.05, 0) is 91.8 Å². The SMILES string of the molecule is CCCCC(CC)CN(CC(CC)CCCC)c1ccc(N=Nc2sc(N=Nc3ccc(C(C)C)cc3)c(C)c2C(=O)OCC)c(C(C)C)c1. The van der Waals surface area contributed by atoms with Gasteiger partial charge >= 0.3 is 5.97 Å². The van der Waals surface area contributed by atoms with Crippen LogP contribution in [0.3, 0.4) is 0 Å². The Balaban J connectivity index is 2.00. The maximum atomic E-state index is 13.1. The summed E-state index contributed by atoms with van der Waals surface area (Å²) < 4.78 is 5.44. The molecule has 2 atom stereocenters. The summed E-state index contributed by atoms with van der Waals surface area (Å²) in [5, 5.41) is 19.6. The Morgan fingerprint density at radius 3 is 1.88 bits per heavy atom. The molecule has 0 saturated carbocycles. The highest BCUT2D eigenvalue weighted by molar-refractivity contribution is 7.20. The predicted molar refractivity (Wildman–Crippen MR) is 213 cm³/mol. The third-order valence-corrected chi connectivity index (χ3v) is 10.7. The Hall–Kier alpha value is -3.39. The first kappa shape index (κ1) is 41.0. The van der Waals surface area contributed by atoms with E-state index in [1.807, 2.05) is 19.1 Å². The predicted octanol–water partition coefficient (Wildman–Crippen LogP) is 14.6. The second-order valence-electron chi connectivity index (χ2n) is 14.2. The molecule has 50 heavy (non-hydrogen) atoms. The number of benzene rings is 2. The minimum absolute atomic E-state index is 0.246. The molecule has 2 aromatic carbocycles. The summed E-state index contributed by atoms with van der Waals surface area (Å²) in [6.07, 6.45) is 9.96. The molecule has 8 heteroatoms. The van der Waals surface area contributed by atoms with E-state index in [-0.39, 0.29) is 12.5 Å². The third kappa shape index (κ3) is 11.9. The van der Waals surface area contributed by atoms with Crippen molar-refractivity contribution < 1.29 is 9.53 Å². The normalized spacial score (nSPS) is 13.2. The molecule has 0 radical (unpaired) electrons. The number of nitrogens with zero attached hydrogens (tertiary/aromatic N) is 5. The van der Waals surface area contributed by atoms with Crippen LogP contribution in [0.4, 0.5) is 27.1 Å². The summed E-state index contributed by atoms with van der Waals surface area (Å²) in [6.45, 7) is 24.1. The quantitative estimate of drug-likeness (QED) is 0.0819. The van der Waals surface area contributed by atoms with Gasteiger partial charge < -0.3 is 9.64 Å². The van der Waals surface area contributed by atoms with Gasteiger partial charge in [-0.2, -0.15) is 0 Å². The lowest BCUT2D eigenvalue weighted by Gasteiger charge is -2.33. The molecule has 0 bridgehead atoms. The van der Waals surface area contributed by atoms with Gasteiger partial charge in [-0.25, -0.2) is 4.79 Å². The zero-order chi connectivity index (χ0) is 36.6. The van der Waals surface area contributed by atoms with E-state index >= 15 is 0 Å². The Morgan fingerprint density at radius 2 is 1.36 bits per heavy atom. The van der Waals surface area contributed by atoms with Gasteiger partial charge in [-0.3, -0.25) is 0 Å². The fraction of sp³-hybridized carbons (Fsp3) is 0.595. The topological polar surface area (TPSA) is 79.0 Å². The van der Waals surface area contributed by atoms with Gasteiger partial charge in [-0.1, -0.05) is 117 Å². The van der Waals surface area contributed by atoms with Crippen molar-refractivity contribution in [3.8, 4) is 0 Å². The first-order valence-corrected chi connectivity index (χ1v) is 20.0. The van der Waals surface area contributed by atoms with E-state index in [1.165, 1.54) is 74.0 Å². The Labute approximate surface area is 307 Å². The Morgan fingerprint density at radius 1 is 0.760 bits per heavy atom. The van der Waals surface area contributed by atoms with E-state index in [4.69, 9.17) is 9.85 Å². The van der Waals surface area contributed by atoms with E-state index in [9.17, 15) is 4.79 Å². The molecule has 0 saturated heterocycles. The summed E-state index contributed by atoms with van der Waals surface area (Å²) in [5.74, 6) is 1.62. The number of hydrogen-bond donors (Lipinski definition) is 0. The smallest absolute Gasteiger partial charge is 0.341 e. The average Bonchev–Trinajstić information content (AvgIpc) is 3.43. The molecule has 274 valence electrons. The van der Waals surface area contributed by atoms with Gasteiger partial charge in [0.1, 0.15) is 10.6 Å². The molecule has 7 nitrogen and oxygen atoms in total. The highest BCUT2D eigenvalue weighted by atomic mass is 32.1. The number of carbonyl (C=O) groups is 1. The number of thiophene rings is 1. The van der Waals surface area contributed by atoms with Gasteiger partial charge in [0.2, 0.25) is 0 Å².